The highest BCUT2D eigenvalue weighted by Gasteiger charge is 2.17. The lowest BCUT2D eigenvalue weighted by atomic mass is 10.2. The highest BCUT2D eigenvalue weighted by molar-refractivity contribution is 6.06. The fourth-order valence-corrected chi connectivity index (χ4v) is 1.89. The number of nitrogens with two attached hydrogens (primary N) is 1. The standard InChI is InChI=1S/C14H15FN4O/c1-2-19(12-5-3-4-11(15)9-12)14(20)10-6-7-17-13(8-10)18-16/h3-9H,2,16H2,1H3,(H,17,18). The number of pyridine rings is 1. The van der Waals surface area contributed by atoms with Crippen LogP contribution < -0.4 is 16.2 Å². The average Bonchev–Trinajstić information content (AvgIpc) is 2.48. The number of nitrogens with zero attached hydrogens (tertiary/aromatic N) is 2. The van der Waals surface area contributed by atoms with Crippen molar-refractivity contribution < 1.29 is 9.18 Å². The van der Waals surface area contributed by atoms with E-state index in [9.17, 15) is 9.18 Å². The monoisotopic (exact) mass is 274 g/mol. The number of aromatic nitrogens is 1. The van der Waals surface area contributed by atoms with Gasteiger partial charge in [-0.05, 0) is 37.3 Å². The van der Waals surface area contributed by atoms with Crippen molar-refractivity contribution in [3.05, 3.63) is 54.0 Å². The molecule has 0 unspecified atom stereocenters. The van der Waals surface area contributed by atoms with Gasteiger partial charge < -0.3 is 10.3 Å². The van der Waals surface area contributed by atoms with E-state index < -0.39 is 0 Å². The first-order chi connectivity index (χ1) is 9.65. The minimum Gasteiger partial charge on any atom is -0.309 e. The molecule has 6 heteroatoms. The summed E-state index contributed by atoms with van der Waals surface area (Å²) in [6.07, 6.45) is 1.49. The quantitative estimate of drug-likeness (QED) is 0.662. The Morgan fingerprint density at radius 2 is 2.20 bits per heavy atom. The topological polar surface area (TPSA) is 71.2 Å². The van der Waals surface area contributed by atoms with Gasteiger partial charge in [-0.3, -0.25) is 4.79 Å². The second-order valence-corrected chi connectivity index (χ2v) is 4.10. The van der Waals surface area contributed by atoms with Crippen molar-refractivity contribution in [3.63, 3.8) is 0 Å². The molecule has 0 fully saturated rings. The van der Waals surface area contributed by atoms with Crippen LogP contribution in [0.3, 0.4) is 0 Å². The van der Waals surface area contributed by atoms with Crippen molar-refractivity contribution in [2.24, 2.45) is 5.84 Å². The number of hydrogen-bond donors (Lipinski definition) is 2. The molecule has 0 atom stereocenters. The Bertz CT molecular complexity index is 618. The highest BCUT2D eigenvalue weighted by atomic mass is 19.1. The van der Waals surface area contributed by atoms with E-state index in [1.807, 2.05) is 6.92 Å². The van der Waals surface area contributed by atoms with Gasteiger partial charge in [-0.25, -0.2) is 15.2 Å². The molecule has 0 bridgehead atoms. The lowest BCUT2D eigenvalue weighted by Gasteiger charge is -2.21. The van der Waals surface area contributed by atoms with Crippen molar-refractivity contribution in [1.82, 2.24) is 4.98 Å². The molecule has 104 valence electrons. The van der Waals surface area contributed by atoms with Crippen LogP contribution in [0.4, 0.5) is 15.9 Å². The van der Waals surface area contributed by atoms with Crippen LogP contribution in [0.15, 0.2) is 42.6 Å². The molecule has 1 aromatic carbocycles. The van der Waals surface area contributed by atoms with Gasteiger partial charge in [0, 0.05) is 24.0 Å². The van der Waals surface area contributed by atoms with E-state index in [2.05, 4.69) is 10.4 Å². The number of anilines is 2. The molecule has 2 rings (SSSR count). The number of nitrogens with one attached hydrogen (secondary N) is 1. The maximum absolute atomic E-state index is 13.3. The maximum Gasteiger partial charge on any atom is 0.258 e. The van der Waals surface area contributed by atoms with Crippen LogP contribution in [0.2, 0.25) is 0 Å². The first-order valence-electron chi connectivity index (χ1n) is 6.15. The number of rotatable bonds is 4. The molecule has 0 saturated heterocycles. The van der Waals surface area contributed by atoms with Gasteiger partial charge in [-0.1, -0.05) is 6.07 Å². The minimum absolute atomic E-state index is 0.239. The second-order valence-electron chi connectivity index (χ2n) is 4.10. The Balaban J connectivity index is 2.33. The second kappa shape index (κ2) is 6.12. The number of benzene rings is 1. The van der Waals surface area contributed by atoms with Gasteiger partial charge in [0.2, 0.25) is 0 Å². The van der Waals surface area contributed by atoms with Crippen LogP contribution >= 0.6 is 0 Å². The zero-order valence-electron chi connectivity index (χ0n) is 11.0. The van der Waals surface area contributed by atoms with E-state index in [4.69, 9.17) is 5.84 Å². The van der Waals surface area contributed by atoms with Gasteiger partial charge in [-0.2, -0.15) is 0 Å². The minimum atomic E-state index is -0.382. The van der Waals surface area contributed by atoms with E-state index in [1.54, 1.807) is 24.3 Å². The summed E-state index contributed by atoms with van der Waals surface area (Å²) in [5.74, 6) is 5.05. The van der Waals surface area contributed by atoms with Crippen LogP contribution in [0.1, 0.15) is 17.3 Å². The Kier molecular flexibility index (Phi) is 4.27. The third-order valence-corrected chi connectivity index (χ3v) is 2.84. The molecule has 0 saturated carbocycles. The first-order valence-corrected chi connectivity index (χ1v) is 6.15. The average molecular weight is 274 g/mol. The Morgan fingerprint density at radius 3 is 2.85 bits per heavy atom. The number of halogens is 1. The number of hydrazine groups is 1. The lowest BCUT2D eigenvalue weighted by Crippen LogP contribution is -2.30. The summed E-state index contributed by atoms with van der Waals surface area (Å²) < 4.78 is 13.3. The summed E-state index contributed by atoms with van der Waals surface area (Å²) in [6.45, 7) is 2.25. The summed E-state index contributed by atoms with van der Waals surface area (Å²) >= 11 is 0. The van der Waals surface area contributed by atoms with Gasteiger partial charge in [0.05, 0.1) is 0 Å². The number of carbonyl (C=O) groups excluding carboxylic acids is 1. The summed E-state index contributed by atoms with van der Waals surface area (Å²) in [6, 6.07) is 9.05. The SMILES string of the molecule is CCN(C(=O)c1ccnc(NN)c1)c1cccc(F)c1. The zero-order chi connectivity index (χ0) is 14.5. The van der Waals surface area contributed by atoms with E-state index in [1.165, 1.54) is 23.2 Å². The highest BCUT2D eigenvalue weighted by Crippen LogP contribution is 2.19. The normalized spacial score (nSPS) is 10.2. The van der Waals surface area contributed by atoms with Crippen LogP contribution in [0.5, 0.6) is 0 Å². The molecular weight excluding hydrogens is 259 g/mol. The van der Waals surface area contributed by atoms with Crippen molar-refractivity contribution in [2.45, 2.75) is 6.92 Å². The fourth-order valence-electron chi connectivity index (χ4n) is 1.89. The van der Waals surface area contributed by atoms with Crippen LogP contribution in [0.25, 0.3) is 0 Å². The van der Waals surface area contributed by atoms with E-state index in [0.717, 1.165) is 0 Å². The summed E-state index contributed by atoms with van der Waals surface area (Å²) in [4.78, 5) is 17.9. The summed E-state index contributed by atoms with van der Waals surface area (Å²) in [7, 11) is 0. The largest absolute Gasteiger partial charge is 0.309 e. The number of hydrogen-bond acceptors (Lipinski definition) is 4. The van der Waals surface area contributed by atoms with Crippen LogP contribution in [-0.4, -0.2) is 17.4 Å². The predicted octanol–water partition coefficient (Wildman–Crippen LogP) is 2.17. The van der Waals surface area contributed by atoms with E-state index in [0.29, 0.717) is 23.6 Å². The molecule has 0 radical (unpaired) electrons. The smallest absolute Gasteiger partial charge is 0.258 e. The Morgan fingerprint density at radius 1 is 1.40 bits per heavy atom. The van der Waals surface area contributed by atoms with E-state index in [-0.39, 0.29) is 11.7 Å². The molecule has 0 aliphatic carbocycles. The Labute approximate surface area is 116 Å². The molecule has 20 heavy (non-hydrogen) atoms. The van der Waals surface area contributed by atoms with E-state index >= 15 is 0 Å². The summed E-state index contributed by atoms with van der Waals surface area (Å²) in [5, 5.41) is 0. The first kappa shape index (κ1) is 14.0. The Hall–Kier alpha value is -2.47. The lowest BCUT2D eigenvalue weighted by molar-refractivity contribution is 0.0988. The molecule has 0 aliphatic heterocycles. The van der Waals surface area contributed by atoms with Gasteiger partial charge in [0.25, 0.3) is 5.91 Å². The molecule has 2 aromatic rings. The number of amides is 1. The predicted molar refractivity (Wildman–Crippen MR) is 75.8 cm³/mol. The zero-order valence-corrected chi connectivity index (χ0v) is 11.0. The van der Waals surface area contributed by atoms with Crippen molar-refractivity contribution in [1.29, 1.82) is 0 Å². The number of carbonyl (C=O) groups is 1. The molecule has 1 amide bonds. The van der Waals surface area contributed by atoms with Gasteiger partial charge >= 0.3 is 0 Å². The molecular formula is C14H15FN4O. The fraction of sp³-hybridized carbons (Fsp3) is 0.143. The maximum atomic E-state index is 13.3. The molecule has 0 aliphatic rings. The number of nitrogen functional groups attached to an aromatic ring is 1. The third kappa shape index (κ3) is 2.92. The van der Waals surface area contributed by atoms with Crippen molar-refractivity contribution >= 4 is 17.4 Å². The molecule has 1 heterocycles. The van der Waals surface area contributed by atoms with Crippen molar-refractivity contribution in [3.8, 4) is 0 Å². The molecule has 5 nitrogen and oxygen atoms in total. The van der Waals surface area contributed by atoms with Crippen LogP contribution in [0, 0.1) is 5.82 Å². The molecule has 1 aromatic heterocycles. The third-order valence-electron chi connectivity index (χ3n) is 2.84. The van der Waals surface area contributed by atoms with Crippen molar-refractivity contribution in [2.75, 3.05) is 16.9 Å². The molecule has 0 spiro atoms. The van der Waals surface area contributed by atoms with Crippen LogP contribution in [-0.2, 0) is 0 Å². The molecule has 3 N–H and O–H groups in total. The summed E-state index contributed by atoms with van der Waals surface area (Å²) in [5.41, 5.74) is 3.33. The van der Waals surface area contributed by atoms with Gasteiger partial charge in [0.15, 0.2) is 0 Å². The van der Waals surface area contributed by atoms with Gasteiger partial charge in [0.1, 0.15) is 11.6 Å². The van der Waals surface area contributed by atoms with Gasteiger partial charge in [-0.15, -0.1) is 0 Å².